The highest BCUT2D eigenvalue weighted by atomic mass is 35.5. The number of hydrogen-bond acceptors (Lipinski definition) is 5. The maximum Gasteiger partial charge on any atom is 0.225 e. The minimum absolute atomic E-state index is 0. The zero-order chi connectivity index (χ0) is 16.7. The number of rotatable bonds is 4. The second-order valence-corrected chi connectivity index (χ2v) is 4.65. The van der Waals surface area contributed by atoms with Crippen LogP contribution >= 0.6 is 23.7 Å². The maximum atomic E-state index is 9.06. The second kappa shape index (κ2) is 8.36. The summed E-state index contributed by atoms with van der Waals surface area (Å²) in [5, 5.41) is 9.06. The highest BCUT2D eigenvalue weighted by Crippen LogP contribution is 2.13. The molecule has 8 heteroatoms. The van der Waals surface area contributed by atoms with E-state index in [0.717, 1.165) is 20.8 Å². The van der Waals surface area contributed by atoms with Gasteiger partial charge in [-0.05, 0) is 6.92 Å². The van der Waals surface area contributed by atoms with E-state index >= 15 is 0 Å². The van der Waals surface area contributed by atoms with E-state index < -0.39 is 6.50 Å². The van der Waals surface area contributed by atoms with E-state index in [1.165, 1.54) is 0 Å². The number of halogens is 2. The van der Waals surface area contributed by atoms with Crippen LogP contribution < -0.4 is 22.7 Å². The van der Waals surface area contributed by atoms with Gasteiger partial charge in [-0.25, -0.2) is 9.97 Å². The molecule has 0 aliphatic rings. The molecule has 2 rings (SSSR count). The summed E-state index contributed by atoms with van der Waals surface area (Å²) in [7, 11) is 0. The van der Waals surface area contributed by atoms with E-state index in [9.17, 15) is 0 Å². The molecule has 0 radical (unpaired) electrons. The van der Waals surface area contributed by atoms with Gasteiger partial charge in [0.1, 0.15) is 14.4 Å². The molecule has 0 fully saturated rings. The van der Waals surface area contributed by atoms with Gasteiger partial charge in [0.2, 0.25) is 5.49 Å². The third-order valence-corrected chi connectivity index (χ3v) is 3.45. The molecule has 0 unspecified atom stereocenters. The number of aliphatic hydroxyl groups excluding tert-OH is 1. The molecule has 0 atom stereocenters. The van der Waals surface area contributed by atoms with Gasteiger partial charge in [-0.15, -0.1) is 12.4 Å². The van der Waals surface area contributed by atoms with Crippen molar-refractivity contribution >= 4 is 29.6 Å². The Bertz CT molecular complexity index is 706. The van der Waals surface area contributed by atoms with Gasteiger partial charge in [0.15, 0.2) is 13.6 Å². The average Bonchev–Trinajstić information content (AvgIpc) is 2.63. The third-order valence-electron chi connectivity index (χ3n) is 2.43. The standard InChI is InChI=1S/C12H17N4OS.2ClH/c1-8-11(3-4-17)18-7-16(8)6-10-5-14-9(2)15-12(10)13;;/h5,7,17H,3-4,6H2,1-2H3,(H2,13,14,15);2*1H/q+1;;/p-1/i5D,6D2,7D;;. The highest BCUT2D eigenvalue weighted by Gasteiger charge is 2.16. The van der Waals surface area contributed by atoms with Crippen molar-refractivity contribution in [2.75, 3.05) is 12.3 Å². The van der Waals surface area contributed by atoms with Crippen LogP contribution in [0.5, 0.6) is 0 Å². The van der Waals surface area contributed by atoms with Crippen molar-refractivity contribution in [2.24, 2.45) is 0 Å². The number of aryl methyl sites for hydroxylation is 1. The number of thiazole rings is 1. The van der Waals surface area contributed by atoms with E-state index in [4.69, 9.17) is 16.3 Å². The first-order valence-corrected chi connectivity index (χ1v) is 6.25. The summed E-state index contributed by atoms with van der Waals surface area (Å²) in [6.07, 6.45) is 0.0511. The van der Waals surface area contributed by atoms with Crippen molar-refractivity contribution in [3.63, 3.8) is 0 Å². The molecule has 2 heterocycles. The van der Waals surface area contributed by atoms with Gasteiger partial charge in [0.25, 0.3) is 0 Å². The Labute approximate surface area is 140 Å². The lowest BCUT2D eigenvalue weighted by molar-refractivity contribution is -0.689. The Morgan fingerprint density at radius 3 is 2.85 bits per heavy atom. The second-order valence-electron chi connectivity index (χ2n) is 3.77. The molecule has 0 saturated heterocycles. The van der Waals surface area contributed by atoms with Gasteiger partial charge >= 0.3 is 0 Å². The first-order chi connectivity index (χ1) is 10.2. The largest absolute Gasteiger partial charge is 1.00 e. The molecule has 2 aromatic heterocycles. The van der Waals surface area contributed by atoms with Crippen molar-refractivity contribution in [1.82, 2.24) is 9.97 Å². The average molecular weight is 341 g/mol. The summed E-state index contributed by atoms with van der Waals surface area (Å²) in [5.41, 5.74) is 6.13. The highest BCUT2D eigenvalue weighted by molar-refractivity contribution is 7.09. The lowest BCUT2D eigenvalue weighted by Crippen LogP contribution is -3.00. The van der Waals surface area contributed by atoms with Gasteiger partial charge in [0.05, 0.1) is 11.8 Å². The minimum Gasteiger partial charge on any atom is -1.00 e. The Balaban J connectivity index is 0.00000264. The van der Waals surface area contributed by atoms with Gasteiger partial charge < -0.3 is 23.2 Å². The molecule has 0 aliphatic heterocycles. The van der Waals surface area contributed by atoms with Crippen LogP contribution in [-0.2, 0) is 12.9 Å². The number of anilines is 1. The first-order valence-electron chi connectivity index (χ1n) is 7.43. The van der Waals surface area contributed by atoms with E-state index in [1.807, 2.05) is 0 Å². The monoisotopic (exact) mass is 340 g/mol. The number of aromatic nitrogens is 3. The van der Waals surface area contributed by atoms with Crippen LogP contribution in [0.1, 0.15) is 27.4 Å². The molecule has 5 nitrogen and oxygen atoms in total. The summed E-state index contributed by atoms with van der Waals surface area (Å²) < 4.78 is 33.8. The van der Waals surface area contributed by atoms with Crippen molar-refractivity contribution in [3.8, 4) is 0 Å². The Morgan fingerprint density at radius 2 is 2.25 bits per heavy atom. The normalized spacial score (nSPS) is 13.3. The SMILES string of the molecule is Cl.[2H]c1nc(C)nc(N)c1C([2H])([2H])[n+]1c([2H])sc(CCO)c1C.[Cl-]. The zero-order valence-corrected chi connectivity index (χ0v) is 13.4. The molecule has 0 amide bonds. The molecule has 2 aromatic rings. The molecular formula is C12H18Cl2N4OS. The summed E-state index contributed by atoms with van der Waals surface area (Å²) in [5.74, 6) is 0.185. The van der Waals surface area contributed by atoms with Gasteiger partial charge in [-0.2, -0.15) is 4.57 Å². The van der Waals surface area contributed by atoms with Crippen LogP contribution in [0.15, 0.2) is 11.7 Å². The number of hydrogen-bond donors (Lipinski definition) is 2. The van der Waals surface area contributed by atoms with Crippen LogP contribution in [0.4, 0.5) is 5.82 Å². The van der Waals surface area contributed by atoms with E-state index in [1.54, 1.807) is 13.8 Å². The quantitative estimate of drug-likeness (QED) is 0.633. The van der Waals surface area contributed by atoms with E-state index in [0.29, 0.717) is 17.9 Å². The molecule has 0 aliphatic carbocycles. The van der Waals surface area contributed by atoms with Gasteiger partial charge in [-0.3, -0.25) is 0 Å². The van der Waals surface area contributed by atoms with Crippen LogP contribution in [0.2, 0.25) is 0 Å². The topological polar surface area (TPSA) is 75.9 Å². The number of aliphatic hydroxyl groups is 1. The molecule has 0 saturated carbocycles. The van der Waals surface area contributed by atoms with Crippen molar-refractivity contribution in [1.29, 1.82) is 0 Å². The van der Waals surface area contributed by atoms with Crippen LogP contribution in [0.3, 0.4) is 0 Å². The molecule has 20 heavy (non-hydrogen) atoms. The Hall–Kier alpha value is -0.950. The van der Waals surface area contributed by atoms with Crippen LogP contribution in [0.25, 0.3) is 0 Å². The minimum atomic E-state index is -2.22. The first kappa shape index (κ1) is 12.8. The number of nitrogens with two attached hydrogens (primary N) is 1. The smallest absolute Gasteiger partial charge is 0.225 e. The summed E-state index contributed by atoms with van der Waals surface area (Å²) >= 11 is 1.09. The molecule has 112 valence electrons. The zero-order valence-electron chi connectivity index (χ0n) is 15.0. The predicted molar refractivity (Wildman–Crippen MR) is 77.6 cm³/mol. The molecule has 0 bridgehead atoms. The summed E-state index contributed by atoms with van der Waals surface area (Å²) in [6, 6.07) is 0. The summed E-state index contributed by atoms with van der Waals surface area (Å²) in [6.45, 7) is 0.946. The number of nitrogens with zero attached hydrogens (tertiary/aromatic N) is 3. The van der Waals surface area contributed by atoms with Crippen LogP contribution in [0, 0.1) is 13.8 Å². The molecule has 3 N–H and O–H groups in total. The van der Waals surface area contributed by atoms with Crippen molar-refractivity contribution in [2.45, 2.75) is 26.8 Å². The Morgan fingerprint density at radius 1 is 1.55 bits per heavy atom. The third kappa shape index (κ3) is 4.28. The van der Waals surface area contributed by atoms with Gasteiger partial charge in [-0.1, -0.05) is 11.3 Å². The molecule has 0 aromatic carbocycles. The lowest BCUT2D eigenvalue weighted by Gasteiger charge is -2.01. The van der Waals surface area contributed by atoms with E-state index in [2.05, 4.69) is 9.97 Å². The van der Waals surface area contributed by atoms with Crippen molar-refractivity contribution in [3.05, 3.63) is 33.6 Å². The predicted octanol–water partition coefficient (Wildman–Crippen LogP) is -1.97. The lowest BCUT2D eigenvalue weighted by atomic mass is 10.2. The number of nitrogen functional groups attached to an aromatic ring is 1. The molecule has 0 spiro atoms. The fourth-order valence-electron chi connectivity index (χ4n) is 1.45. The summed E-state index contributed by atoms with van der Waals surface area (Å²) in [4.78, 5) is 8.49. The Kier molecular flexibility index (Phi) is 5.34. The van der Waals surface area contributed by atoms with Crippen LogP contribution in [-0.4, -0.2) is 21.7 Å². The van der Waals surface area contributed by atoms with E-state index in [-0.39, 0.29) is 54.5 Å². The fraction of sp³-hybridized carbons (Fsp3) is 0.417. The van der Waals surface area contributed by atoms with Crippen molar-refractivity contribution < 1.29 is 27.6 Å². The fourth-order valence-corrected chi connectivity index (χ4v) is 2.27. The maximum absolute atomic E-state index is 9.06. The van der Waals surface area contributed by atoms with Gasteiger partial charge in [0, 0.05) is 26.1 Å². The molecular weight excluding hydrogens is 319 g/mol.